The second-order valence-electron chi connectivity index (χ2n) is 5.67. The van der Waals surface area contributed by atoms with E-state index in [1.807, 2.05) is 63.2 Å². The molecule has 110 valence electrons. The van der Waals surface area contributed by atoms with Crippen LogP contribution in [0.4, 0.5) is 11.4 Å². The van der Waals surface area contributed by atoms with E-state index in [-0.39, 0.29) is 5.91 Å². The van der Waals surface area contributed by atoms with E-state index >= 15 is 0 Å². The third kappa shape index (κ3) is 3.45. The van der Waals surface area contributed by atoms with Crippen LogP contribution in [0.1, 0.15) is 25.0 Å². The predicted molar refractivity (Wildman–Crippen MR) is 91.4 cm³/mol. The van der Waals surface area contributed by atoms with Crippen LogP contribution in [0.25, 0.3) is 0 Å². The molecule has 2 aromatic carbocycles. The van der Waals surface area contributed by atoms with E-state index in [1.54, 1.807) is 0 Å². The highest BCUT2D eigenvalue weighted by Gasteiger charge is 2.29. The number of rotatable bonds is 3. The fourth-order valence-corrected chi connectivity index (χ4v) is 2.37. The average molecular weight is 347 g/mol. The molecule has 0 aromatic heterocycles. The molecule has 1 amide bonds. The number of amides is 1. The van der Waals surface area contributed by atoms with Gasteiger partial charge < -0.3 is 11.1 Å². The molecule has 2 rings (SSSR count). The van der Waals surface area contributed by atoms with Gasteiger partial charge in [-0.3, -0.25) is 4.79 Å². The number of carbonyl (C=O) groups excluding carboxylic acids is 1. The van der Waals surface area contributed by atoms with Gasteiger partial charge in [-0.25, -0.2) is 0 Å². The van der Waals surface area contributed by atoms with Crippen molar-refractivity contribution in [3.63, 3.8) is 0 Å². The summed E-state index contributed by atoms with van der Waals surface area (Å²) in [6.07, 6.45) is 0. The molecule has 0 spiro atoms. The van der Waals surface area contributed by atoms with E-state index in [0.717, 1.165) is 21.3 Å². The molecule has 0 fully saturated rings. The van der Waals surface area contributed by atoms with Crippen molar-refractivity contribution in [2.45, 2.75) is 26.2 Å². The van der Waals surface area contributed by atoms with Crippen LogP contribution >= 0.6 is 15.9 Å². The van der Waals surface area contributed by atoms with Crippen LogP contribution in [-0.4, -0.2) is 5.91 Å². The minimum absolute atomic E-state index is 0.0528. The van der Waals surface area contributed by atoms with Gasteiger partial charge in [0.2, 0.25) is 5.91 Å². The lowest BCUT2D eigenvalue weighted by Gasteiger charge is -2.24. The molecule has 0 radical (unpaired) electrons. The van der Waals surface area contributed by atoms with Crippen LogP contribution in [0, 0.1) is 6.92 Å². The van der Waals surface area contributed by atoms with Crippen LogP contribution < -0.4 is 11.1 Å². The lowest BCUT2D eigenvalue weighted by Crippen LogP contribution is -2.34. The molecule has 0 aliphatic rings. The van der Waals surface area contributed by atoms with Crippen molar-refractivity contribution in [2.24, 2.45) is 0 Å². The standard InChI is InChI=1S/C17H19BrN2O/c1-11-4-9-14(10-15(11)18)20-16(21)17(2,3)12-5-7-13(19)8-6-12/h4-10H,19H2,1-3H3,(H,20,21). The minimum Gasteiger partial charge on any atom is -0.399 e. The van der Waals surface area contributed by atoms with Crippen LogP contribution in [0.15, 0.2) is 46.9 Å². The van der Waals surface area contributed by atoms with Crippen LogP contribution in [-0.2, 0) is 10.2 Å². The Hall–Kier alpha value is -1.81. The topological polar surface area (TPSA) is 55.1 Å². The SMILES string of the molecule is Cc1ccc(NC(=O)C(C)(C)c2ccc(N)cc2)cc1Br. The zero-order valence-corrected chi connectivity index (χ0v) is 14.0. The monoisotopic (exact) mass is 346 g/mol. The fourth-order valence-electron chi connectivity index (χ4n) is 1.99. The van der Waals surface area contributed by atoms with Gasteiger partial charge in [-0.15, -0.1) is 0 Å². The van der Waals surface area contributed by atoms with E-state index in [0.29, 0.717) is 5.69 Å². The summed E-state index contributed by atoms with van der Waals surface area (Å²) in [6, 6.07) is 13.2. The van der Waals surface area contributed by atoms with Crippen molar-refractivity contribution in [1.82, 2.24) is 0 Å². The van der Waals surface area contributed by atoms with E-state index in [2.05, 4.69) is 21.2 Å². The van der Waals surface area contributed by atoms with E-state index < -0.39 is 5.41 Å². The van der Waals surface area contributed by atoms with Crippen LogP contribution in [0.2, 0.25) is 0 Å². The fraction of sp³-hybridized carbons (Fsp3) is 0.235. The third-order valence-electron chi connectivity index (χ3n) is 3.63. The van der Waals surface area contributed by atoms with Crippen molar-refractivity contribution in [2.75, 3.05) is 11.1 Å². The summed E-state index contributed by atoms with van der Waals surface area (Å²) < 4.78 is 0.977. The smallest absolute Gasteiger partial charge is 0.234 e. The zero-order chi connectivity index (χ0) is 15.6. The lowest BCUT2D eigenvalue weighted by atomic mass is 9.83. The summed E-state index contributed by atoms with van der Waals surface area (Å²) in [6.45, 7) is 5.81. The Bertz CT molecular complexity index is 663. The number of hydrogen-bond donors (Lipinski definition) is 2. The predicted octanol–water partition coefficient (Wildman–Crippen LogP) is 4.26. The van der Waals surface area contributed by atoms with Crippen molar-refractivity contribution < 1.29 is 4.79 Å². The van der Waals surface area contributed by atoms with Gasteiger partial charge in [-0.1, -0.05) is 34.1 Å². The summed E-state index contributed by atoms with van der Waals surface area (Å²) in [7, 11) is 0. The molecule has 21 heavy (non-hydrogen) atoms. The molecule has 4 heteroatoms. The first kappa shape index (κ1) is 15.6. The third-order valence-corrected chi connectivity index (χ3v) is 4.48. The Morgan fingerprint density at radius 3 is 2.33 bits per heavy atom. The number of anilines is 2. The molecule has 0 saturated carbocycles. The van der Waals surface area contributed by atoms with Gasteiger partial charge in [0, 0.05) is 15.8 Å². The highest BCUT2D eigenvalue weighted by Crippen LogP contribution is 2.27. The lowest BCUT2D eigenvalue weighted by molar-refractivity contribution is -0.120. The zero-order valence-electron chi connectivity index (χ0n) is 12.4. The quantitative estimate of drug-likeness (QED) is 0.816. The molecule has 3 nitrogen and oxygen atoms in total. The Morgan fingerprint density at radius 1 is 1.14 bits per heavy atom. The van der Waals surface area contributed by atoms with Gasteiger partial charge in [0.05, 0.1) is 5.41 Å². The molecule has 0 saturated heterocycles. The summed E-state index contributed by atoms with van der Waals surface area (Å²) in [5.41, 5.74) is 8.59. The average Bonchev–Trinajstić information content (AvgIpc) is 2.43. The van der Waals surface area contributed by atoms with E-state index in [4.69, 9.17) is 5.73 Å². The maximum Gasteiger partial charge on any atom is 0.234 e. The molecular formula is C17H19BrN2O. The van der Waals surface area contributed by atoms with Crippen LogP contribution in [0.3, 0.4) is 0 Å². The number of carbonyl (C=O) groups is 1. The number of halogens is 1. The summed E-state index contributed by atoms with van der Waals surface area (Å²) in [5.74, 6) is -0.0528. The number of nitrogens with one attached hydrogen (secondary N) is 1. The molecular weight excluding hydrogens is 328 g/mol. The number of nitrogens with two attached hydrogens (primary N) is 1. The maximum absolute atomic E-state index is 12.6. The number of benzene rings is 2. The number of nitrogen functional groups attached to an aromatic ring is 1. The molecule has 0 unspecified atom stereocenters. The molecule has 3 N–H and O–H groups in total. The van der Waals surface area contributed by atoms with Gasteiger partial charge in [0.25, 0.3) is 0 Å². The Balaban J connectivity index is 2.21. The van der Waals surface area contributed by atoms with Crippen molar-refractivity contribution >= 4 is 33.2 Å². The first-order chi connectivity index (χ1) is 9.80. The summed E-state index contributed by atoms with van der Waals surface area (Å²) in [4.78, 5) is 12.6. The molecule has 0 aliphatic heterocycles. The maximum atomic E-state index is 12.6. The normalized spacial score (nSPS) is 11.2. The number of aryl methyl sites for hydroxylation is 1. The Labute approximate surface area is 133 Å². The Kier molecular flexibility index (Phi) is 4.37. The first-order valence-corrected chi connectivity index (χ1v) is 7.53. The Morgan fingerprint density at radius 2 is 1.76 bits per heavy atom. The van der Waals surface area contributed by atoms with Crippen molar-refractivity contribution in [3.05, 3.63) is 58.1 Å². The first-order valence-electron chi connectivity index (χ1n) is 6.74. The summed E-state index contributed by atoms with van der Waals surface area (Å²) in [5, 5.41) is 2.96. The van der Waals surface area contributed by atoms with Gasteiger partial charge in [0.1, 0.15) is 0 Å². The molecule has 0 atom stereocenters. The minimum atomic E-state index is -0.634. The largest absolute Gasteiger partial charge is 0.399 e. The van der Waals surface area contributed by atoms with Gasteiger partial charge in [-0.05, 0) is 56.2 Å². The number of hydrogen-bond acceptors (Lipinski definition) is 2. The molecule has 2 aromatic rings. The second kappa shape index (κ2) is 5.90. The van der Waals surface area contributed by atoms with Crippen LogP contribution in [0.5, 0.6) is 0 Å². The van der Waals surface area contributed by atoms with E-state index in [9.17, 15) is 4.79 Å². The van der Waals surface area contributed by atoms with Gasteiger partial charge in [0.15, 0.2) is 0 Å². The molecule has 0 bridgehead atoms. The molecule has 0 aliphatic carbocycles. The van der Waals surface area contributed by atoms with Crippen molar-refractivity contribution in [3.8, 4) is 0 Å². The van der Waals surface area contributed by atoms with Gasteiger partial charge >= 0.3 is 0 Å². The summed E-state index contributed by atoms with van der Waals surface area (Å²) >= 11 is 3.47. The highest BCUT2D eigenvalue weighted by molar-refractivity contribution is 9.10. The van der Waals surface area contributed by atoms with Gasteiger partial charge in [-0.2, -0.15) is 0 Å². The molecule has 0 heterocycles. The second-order valence-corrected chi connectivity index (χ2v) is 6.52. The van der Waals surface area contributed by atoms with Crippen molar-refractivity contribution in [1.29, 1.82) is 0 Å². The highest BCUT2D eigenvalue weighted by atomic mass is 79.9. The van der Waals surface area contributed by atoms with E-state index in [1.165, 1.54) is 0 Å².